The average molecular weight is 363 g/mol. The number of halogens is 3. The van der Waals surface area contributed by atoms with Crippen molar-refractivity contribution in [2.75, 3.05) is 0 Å². The summed E-state index contributed by atoms with van der Waals surface area (Å²) >= 11 is 0. The SMILES string of the molecule is CC(C)(C)P1(F)=NP(F)(C(C)(C)C)=NP(F)(C(C)(C)C)=N1. The Labute approximate surface area is 127 Å². The van der Waals surface area contributed by atoms with Crippen molar-refractivity contribution >= 4 is 22.5 Å². The van der Waals surface area contributed by atoms with Crippen molar-refractivity contribution < 1.29 is 12.6 Å². The first-order valence-electron chi connectivity index (χ1n) is 6.88. The summed E-state index contributed by atoms with van der Waals surface area (Å²) in [6, 6.07) is 0. The monoisotopic (exact) mass is 363 g/mol. The molecule has 1 rings (SSSR count). The van der Waals surface area contributed by atoms with E-state index in [1.54, 1.807) is 62.3 Å². The van der Waals surface area contributed by atoms with Crippen LogP contribution in [-0.4, -0.2) is 15.5 Å². The van der Waals surface area contributed by atoms with Crippen molar-refractivity contribution in [3.8, 4) is 0 Å². The maximum absolute atomic E-state index is 15.4. The molecule has 0 unspecified atom stereocenters. The normalized spacial score (nSPS) is 38.3. The van der Waals surface area contributed by atoms with Crippen molar-refractivity contribution in [3.63, 3.8) is 0 Å². The van der Waals surface area contributed by atoms with Crippen molar-refractivity contribution in [1.29, 1.82) is 0 Å². The Morgan fingerprint density at radius 2 is 0.619 bits per heavy atom. The number of rotatable bonds is 0. The molecule has 3 nitrogen and oxygen atoms in total. The molecule has 0 aromatic heterocycles. The predicted molar refractivity (Wildman–Crippen MR) is 90.6 cm³/mol. The summed E-state index contributed by atoms with van der Waals surface area (Å²) in [6.45, 7) is 14.4. The highest BCUT2D eigenvalue weighted by Gasteiger charge is 2.51. The van der Waals surface area contributed by atoms with Gasteiger partial charge in [-0.15, -0.1) is 0 Å². The van der Waals surface area contributed by atoms with Gasteiger partial charge in [-0.1, -0.05) is 62.3 Å². The van der Waals surface area contributed by atoms with E-state index in [-0.39, 0.29) is 0 Å². The molecule has 21 heavy (non-hydrogen) atoms. The number of nitrogens with zero attached hydrogens (tertiary/aromatic N) is 3. The van der Waals surface area contributed by atoms with Crippen LogP contribution in [0.1, 0.15) is 62.3 Å². The van der Waals surface area contributed by atoms with Gasteiger partial charge >= 0.3 is 0 Å². The first kappa shape index (κ1) is 19.5. The van der Waals surface area contributed by atoms with Crippen LogP contribution in [0.3, 0.4) is 0 Å². The van der Waals surface area contributed by atoms with E-state index in [0.29, 0.717) is 0 Å². The zero-order chi connectivity index (χ0) is 17.1. The lowest BCUT2D eigenvalue weighted by molar-refractivity contribution is 0.668. The fourth-order valence-electron chi connectivity index (χ4n) is 1.33. The quantitative estimate of drug-likeness (QED) is 0.388. The Morgan fingerprint density at radius 3 is 0.714 bits per heavy atom. The minimum absolute atomic E-state index is 1.02. The Morgan fingerprint density at radius 1 is 0.476 bits per heavy atom. The molecule has 0 N–H and O–H groups in total. The van der Waals surface area contributed by atoms with E-state index in [1.165, 1.54) is 0 Å². The molecule has 0 atom stereocenters. The molecule has 0 spiro atoms. The molecule has 0 aromatic rings. The molecule has 0 saturated carbocycles. The van der Waals surface area contributed by atoms with E-state index in [0.717, 1.165) is 0 Å². The van der Waals surface area contributed by atoms with E-state index >= 15 is 12.6 Å². The standard InChI is InChI=1S/C12H27F3N3P3/c1-10(2,3)19(13)16-20(14,11(4,5)6)18-21(15,17-19)12(7,8)9/h1-9H3. The summed E-state index contributed by atoms with van der Waals surface area (Å²) < 4.78 is 57.8. The third-order valence-corrected chi connectivity index (χ3v) is 14.1. The lowest BCUT2D eigenvalue weighted by atomic mass is 10.3. The molecule has 0 fully saturated rings. The van der Waals surface area contributed by atoms with Crippen LogP contribution in [0.25, 0.3) is 0 Å². The van der Waals surface area contributed by atoms with Crippen LogP contribution in [-0.2, 0) is 0 Å². The molecule has 0 bridgehead atoms. The van der Waals surface area contributed by atoms with Gasteiger partial charge in [0.05, 0.1) is 0 Å². The van der Waals surface area contributed by atoms with Crippen molar-refractivity contribution in [2.45, 2.75) is 77.8 Å². The molecule has 126 valence electrons. The van der Waals surface area contributed by atoms with Crippen molar-refractivity contribution in [2.24, 2.45) is 13.5 Å². The van der Waals surface area contributed by atoms with Crippen LogP contribution in [0.2, 0.25) is 0 Å². The lowest BCUT2D eigenvalue weighted by Crippen LogP contribution is -2.19. The van der Waals surface area contributed by atoms with E-state index in [1.807, 2.05) is 0 Å². The van der Waals surface area contributed by atoms with E-state index < -0.39 is 38.0 Å². The first-order chi connectivity index (χ1) is 8.87. The fraction of sp³-hybridized carbons (Fsp3) is 1.00. The molecule has 0 aliphatic carbocycles. The zero-order valence-electron chi connectivity index (χ0n) is 14.3. The van der Waals surface area contributed by atoms with Gasteiger partial charge in [0.25, 0.3) is 22.5 Å². The maximum Gasteiger partial charge on any atom is 0.254 e. The molecule has 0 radical (unpaired) electrons. The first-order valence-corrected chi connectivity index (χ1v) is 11.6. The second kappa shape index (κ2) is 4.99. The van der Waals surface area contributed by atoms with Gasteiger partial charge in [-0.05, 0) is 0 Å². The second-order valence-electron chi connectivity index (χ2n) is 8.36. The molecular weight excluding hydrogens is 336 g/mol. The highest BCUT2D eigenvalue weighted by atomic mass is 31.3. The molecule has 0 aromatic carbocycles. The second-order valence-corrected chi connectivity index (χ2v) is 17.7. The van der Waals surface area contributed by atoms with Gasteiger partial charge in [0.1, 0.15) is 0 Å². The predicted octanol–water partition coefficient (Wildman–Crippen LogP) is 8.40. The van der Waals surface area contributed by atoms with Crippen LogP contribution in [0.5, 0.6) is 0 Å². The molecule has 0 saturated heterocycles. The van der Waals surface area contributed by atoms with Crippen molar-refractivity contribution in [1.82, 2.24) is 0 Å². The molecular formula is C12H27F3N3P3. The van der Waals surface area contributed by atoms with Gasteiger partial charge in [-0.2, -0.15) is 26.1 Å². The summed E-state index contributed by atoms with van der Waals surface area (Å²) in [5, 5.41) is -3.06. The van der Waals surface area contributed by atoms with Gasteiger partial charge in [0.2, 0.25) is 0 Å². The van der Waals surface area contributed by atoms with E-state index in [4.69, 9.17) is 0 Å². The van der Waals surface area contributed by atoms with Gasteiger partial charge in [0, 0.05) is 15.5 Å². The van der Waals surface area contributed by atoms with Crippen LogP contribution in [0.4, 0.5) is 12.6 Å². The lowest BCUT2D eigenvalue weighted by Gasteiger charge is -2.39. The third-order valence-electron chi connectivity index (χ3n) is 3.27. The molecule has 9 heteroatoms. The summed E-state index contributed by atoms with van der Waals surface area (Å²) in [6.07, 6.45) is 0. The van der Waals surface area contributed by atoms with Gasteiger partial charge in [-0.25, -0.2) is 0 Å². The minimum atomic E-state index is -3.98. The topological polar surface area (TPSA) is 37.1 Å². The third kappa shape index (κ3) is 3.38. The Kier molecular flexibility index (Phi) is 4.64. The number of hydrogen-bond acceptors (Lipinski definition) is 3. The van der Waals surface area contributed by atoms with Crippen LogP contribution in [0.15, 0.2) is 13.5 Å². The van der Waals surface area contributed by atoms with Gasteiger partial charge in [-0.3, -0.25) is 0 Å². The summed E-state index contributed by atoms with van der Waals surface area (Å²) in [5.41, 5.74) is 0. The zero-order valence-corrected chi connectivity index (χ0v) is 17.0. The van der Waals surface area contributed by atoms with E-state index in [9.17, 15) is 0 Å². The molecule has 0 amide bonds. The summed E-state index contributed by atoms with van der Waals surface area (Å²) in [4.78, 5) is 0. The van der Waals surface area contributed by atoms with Crippen LogP contribution < -0.4 is 0 Å². The van der Waals surface area contributed by atoms with Gasteiger partial charge in [0.15, 0.2) is 0 Å². The van der Waals surface area contributed by atoms with Crippen molar-refractivity contribution in [3.05, 3.63) is 0 Å². The molecule has 1 heterocycles. The largest absolute Gasteiger partial charge is 0.254 e. The summed E-state index contributed by atoms with van der Waals surface area (Å²) in [5.74, 6) is 0. The Hall–Kier alpha value is 0.480. The van der Waals surface area contributed by atoms with E-state index in [2.05, 4.69) is 13.5 Å². The Balaban J connectivity index is 3.94. The fourth-order valence-corrected chi connectivity index (χ4v) is 12.9. The average Bonchev–Trinajstić information content (AvgIpc) is 2.09. The Bertz CT molecular complexity index is 502. The van der Waals surface area contributed by atoms with Crippen LogP contribution >= 0.6 is 22.5 Å². The highest BCUT2D eigenvalue weighted by Crippen LogP contribution is 2.88. The summed E-state index contributed by atoms with van der Waals surface area (Å²) in [7, 11) is -11.9. The minimum Gasteiger partial charge on any atom is -0.183 e. The van der Waals surface area contributed by atoms with Crippen LogP contribution in [0, 0.1) is 0 Å². The van der Waals surface area contributed by atoms with Gasteiger partial charge < -0.3 is 0 Å². The maximum atomic E-state index is 15.4. The molecule has 1 aliphatic heterocycles. The number of hydrogen-bond donors (Lipinski definition) is 0. The molecule has 1 aliphatic rings. The smallest absolute Gasteiger partial charge is 0.183 e. The highest BCUT2D eigenvalue weighted by molar-refractivity contribution is 7.83.